The Hall–Kier alpha value is -1.89. The molecule has 0 spiro atoms. The third-order valence-corrected chi connectivity index (χ3v) is 5.04. The van der Waals surface area contributed by atoms with Crippen LogP contribution in [0.2, 0.25) is 0 Å². The van der Waals surface area contributed by atoms with Gasteiger partial charge in [-0.3, -0.25) is 9.69 Å². The quantitative estimate of drug-likeness (QED) is 0.886. The van der Waals surface area contributed by atoms with Crippen LogP contribution in [0.1, 0.15) is 31.9 Å². The van der Waals surface area contributed by atoms with Crippen LogP contribution in [0.25, 0.3) is 0 Å². The molecule has 2 aliphatic rings. The number of aromatic nitrogens is 2. The van der Waals surface area contributed by atoms with E-state index in [1.165, 1.54) is 6.42 Å². The second-order valence-corrected chi connectivity index (χ2v) is 6.92. The van der Waals surface area contributed by atoms with E-state index in [4.69, 9.17) is 5.73 Å². The normalized spacial score (nSPS) is 22.7. The molecule has 3 rings (SSSR count). The Morgan fingerprint density at radius 1 is 1.21 bits per heavy atom. The van der Waals surface area contributed by atoms with E-state index < -0.39 is 0 Å². The fraction of sp³-hybridized carbons (Fsp3) is 0.706. The first-order chi connectivity index (χ1) is 11.5. The summed E-state index contributed by atoms with van der Waals surface area (Å²) in [5.41, 5.74) is 6.63. The summed E-state index contributed by atoms with van der Waals surface area (Å²) >= 11 is 0. The highest BCUT2D eigenvalue weighted by Gasteiger charge is 2.26. The van der Waals surface area contributed by atoms with Crippen LogP contribution in [0.4, 0.5) is 11.8 Å². The first-order valence-corrected chi connectivity index (χ1v) is 8.91. The Kier molecular flexibility index (Phi) is 5.18. The topological polar surface area (TPSA) is 78.6 Å². The molecule has 7 heteroatoms. The minimum absolute atomic E-state index is 0.276. The van der Waals surface area contributed by atoms with Crippen molar-refractivity contribution in [2.45, 2.75) is 39.2 Å². The third kappa shape index (κ3) is 3.95. The number of carbonyl (C=O) groups excluding carboxylic acids is 1. The number of hydrogen-bond donors (Lipinski definition) is 1. The molecule has 2 fully saturated rings. The Morgan fingerprint density at radius 2 is 1.96 bits per heavy atom. The van der Waals surface area contributed by atoms with Crippen LogP contribution in [-0.2, 0) is 4.79 Å². The second kappa shape index (κ2) is 7.34. The van der Waals surface area contributed by atoms with E-state index in [1.807, 2.05) is 13.0 Å². The number of piperazine rings is 1. The maximum Gasteiger partial charge on any atom is 0.236 e. The molecule has 2 aliphatic heterocycles. The van der Waals surface area contributed by atoms with Gasteiger partial charge in [-0.25, -0.2) is 4.98 Å². The predicted octanol–water partition coefficient (Wildman–Crippen LogP) is 0.890. The van der Waals surface area contributed by atoms with E-state index >= 15 is 0 Å². The van der Waals surface area contributed by atoms with E-state index in [-0.39, 0.29) is 5.91 Å². The van der Waals surface area contributed by atoms with Gasteiger partial charge in [-0.2, -0.15) is 4.98 Å². The van der Waals surface area contributed by atoms with Crippen LogP contribution in [0.15, 0.2) is 6.07 Å². The fourth-order valence-corrected chi connectivity index (χ4v) is 3.62. The van der Waals surface area contributed by atoms with Crippen molar-refractivity contribution in [1.82, 2.24) is 19.8 Å². The summed E-state index contributed by atoms with van der Waals surface area (Å²) in [6.07, 6.45) is 3.51. The molecule has 24 heavy (non-hydrogen) atoms. The molecule has 3 heterocycles. The van der Waals surface area contributed by atoms with Crippen molar-refractivity contribution in [1.29, 1.82) is 0 Å². The van der Waals surface area contributed by atoms with Crippen LogP contribution in [0.5, 0.6) is 0 Å². The molecule has 1 aromatic rings. The molecular weight excluding hydrogens is 304 g/mol. The Balaban J connectivity index is 1.52. The second-order valence-electron chi connectivity index (χ2n) is 6.92. The molecule has 1 aromatic heterocycles. The van der Waals surface area contributed by atoms with Gasteiger partial charge in [-0.05, 0) is 33.1 Å². The van der Waals surface area contributed by atoms with Gasteiger partial charge in [-0.15, -0.1) is 0 Å². The van der Waals surface area contributed by atoms with Gasteiger partial charge in [0.1, 0.15) is 5.82 Å². The van der Waals surface area contributed by atoms with Crippen molar-refractivity contribution in [3.8, 4) is 0 Å². The molecule has 1 amide bonds. The number of piperidine rings is 1. The lowest BCUT2D eigenvalue weighted by atomic mass is 10.0. The van der Waals surface area contributed by atoms with E-state index in [0.717, 1.165) is 57.1 Å². The summed E-state index contributed by atoms with van der Waals surface area (Å²) in [5, 5.41) is 0. The van der Waals surface area contributed by atoms with Crippen LogP contribution in [0.3, 0.4) is 0 Å². The molecule has 132 valence electrons. The molecule has 7 nitrogen and oxygen atoms in total. The molecule has 0 aliphatic carbocycles. The van der Waals surface area contributed by atoms with Crippen molar-refractivity contribution in [2.75, 3.05) is 49.9 Å². The van der Waals surface area contributed by atoms with Crippen molar-refractivity contribution in [3.05, 3.63) is 11.8 Å². The lowest BCUT2D eigenvalue weighted by Gasteiger charge is -2.38. The van der Waals surface area contributed by atoms with Gasteiger partial charge in [-0.1, -0.05) is 0 Å². The highest BCUT2D eigenvalue weighted by Crippen LogP contribution is 2.18. The van der Waals surface area contributed by atoms with Crippen molar-refractivity contribution >= 4 is 17.7 Å². The molecule has 0 aromatic carbocycles. The lowest BCUT2D eigenvalue weighted by molar-refractivity contribution is -0.135. The Bertz CT molecular complexity index is 564. The number of hydrogen-bond acceptors (Lipinski definition) is 6. The highest BCUT2D eigenvalue weighted by atomic mass is 16.2. The SMILES string of the molecule is Cc1cc(N2CCN(CC(=O)N3CCCC[C@@H]3C)CC2)nc(N)n1. The van der Waals surface area contributed by atoms with Gasteiger partial charge in [0.15, 0.2) is 0 Å². The molecule has 0 bridgehead atoms. The number of nitrogens with two attached hydrogens (primary N) is 1. The average Bonchev–Trinajstić information content (AvgIpc) is 2.55. The highest BCUT2D eigenvalue weighted by molar-refractivity contribution is 5.78. The predicted molar refractivity (Wildman–Crippen MR) is 94.9 cm³/mol. The summed E-state index contributed by atoms with van der Waals surface area (Å²) in [5.74, 6) is 1.48. The van der Waals surface area contributed by atoms with Gasteiger partial charge in [0.25, 0.3) is 0 Å². The van der Waals surface area contributed by atoms with Crippen molar-refractivity contribution < 1.29 is 4.79 Å². The van der Waals surface area contributed by atoms with E-state index in [0.29, 0.717) is 18.5 Å². The van der Waals surface area contributed by atoms with Crippen molar-refractivity contribution in [3.63, 3.8) is 0 Å². The first-order valence-electron chi connectivity index (χ1n) is 8.91. The number of nitrogens with zero attached hydrogens (tertiary/aromatic N) is 5. The Morgan fingerprint density at radius 3 is 2.62 bits per heavy atom. The van der Waals surface area contributed by atoms with Gasteiger partial charge in [0.2, 0.25) is 11.9 Å². The summed E-state index contributed by atoms with van der Waals surface area (Å²) in [6, 6.07) is 2.35. The molecule has 0 unspecified atom stereocenters. The van der Waals surface area contributed by atoms with E-state index in [1.54, 1.807) is 0 Å². The third-order valence-electron chi connectivity index (χ3n) is 5.04. The summed E-state index contributed by atoms with van der Waals surface area (Å²) in [6.45, 7) is 9.00. The zero-order valence-electron chi connectivity index (χ0n) is 14.7. The van der Waals surface area contributed by atoms with Crippen LogP contribution in [-0.4, -0.2) is 71.0 Å². The van der Waals surface area contributed by atoms with Crippen LogP contribution >= 0.6 is 0 Å². The maximum atomic E-state index is 12.6. The van der Waals surface area contributed by atoms with Crippen LogP contribution < -0.4 is 10.6 Å². The number of rotatable bonds is 3. The zero-order chi connectivity index (χ0) is 17.1. The number of nitrogen functional groups attached to an aromatic ring is 1. The standard InChI is InChI=1S/C17H28N6O/c1-13-11-15(20-17(18)19-13)22-9-7-21(8-10-22)12-16(24)23-6-4-3-5-14(23)2/h11,14H,3-10,12H2,1-2H3,(H2,18,19,20)/t14-/m0/s1. The summed E-state index contributed by atoms with van der Waals surface area (Å²) < 4.78 is 0. The lowest BCUT2D eigenvalue weighted by Crippen LogP contribution is -2.52. The van der Waals surface area contributed by atoms with Gasteiger partial charge < -0.3 is 15.5 Å². The fourth-order valence-electron chi connectivity index (χ4n) is 3.62. The largest absolute Gasteiger partial charge is 0.368 e. The molecule has 1 atom stereocenters. The molecule has 0 saturated carbocycles. The van der Waals surface area contributed by atoms with Crippen molar-refractivity contribution in [2.24, 2.45) is 0 Å². The van der Waals surface area contributed by atoms with Gasteiger partial charge >= 0.3 is 0 Å². The van der Waals surface area contributed by atoms with Gasteiger partial charge in [0, 0.05) is 50.5 Å². The minimum Gasteiger partial charge on any atom is -0.368 e. The number of anilines is 2. The molecule has 2 N–H and O–H groups in total. The van der Waals surface area contributed by atoms with Crippen LogP contribution in [0, 0.1) is 6.92 Å². The summed E-state index contributed by atoms with van der Waals surface area (Å²) in [7, 11) is 0. The smallest absolute Gasteiger partial charge is 0.236 e. The van der Waals surface area contributed by atoms with E-state index in [2.05, 4.69) is 31.6 Å². The molecule has 0 radical (unpaired) electrons. The number of amides is 1. The number of aryl methyl sites for hydroxylation is 1. The number of carbonyl (C=O) groups is 1. The Labute approximate surface area is 143 Å². The minimum atomic E-state index is 0.276. The molecule has 2 saturated heterocycles. The molecular formula is C17H28N6O. The van der Waals surface area contributed by atoms with Gasteiger partial charge in [0.05, 0.1) is 6.54 Å². The maximum absolute atomic E-state index is 12.6. The number of likely N-dealkylation sites (tertiary alicyclic amines) is 1. The monoisotopic (exact) mass is 332 g/mol. The summed E-state index contributed by atoms with van der Waals surface area (Å²) in [4.78, 5) is 27.5. The average molecular weight is 332 g/mol. The first kappa shape index (κ1) is 17.0. The van der Waals surface area contributed by atoms with E-state index in [9.17, 15) is 4.79 Å². The zero-order valence-corrected chi connectivity index (χ0v) is 14.7.